The van der Waals surface area contributed by atoms with Crippen LogP contribution in [-0.2, 0) is 0 Å². The van der Waals surface area contributed by atoms with Gasteiger partial charge in [-0.15, -0.1) is 0 Å². The molecule has 18 heavy (non-hydrogen) atoms. The summed E-state index contributed by atoms with van der Waals surface area (Å²) in [7, 11) is 0. The highest BCUT2D eigenvalue weighted by Gasteiger charge is 2.09. The zero-order chi connectivity index (χ0) is 13.1. The Morgan fingerprint density at radius 1 is 1.44 bits per heavy atom. The predicted molar refractivity (Wildman–Crippen MR) is 67.9 cm³/mol. The summed E-state index contributed by atoms with van der Waals surface area (Å²) in [5, 5.41) is 8.85. The molecule has 0 aromatic carbocycles. The van der Waals surface area contributed by atoms with Gasteiger partial charge >= 0.3 is 5.97 Å². The minimum Gasteiger partial charge on any atom is -0.478 e. The molecule has 0 unspecified atom stereocenters. The summed E-state index contributed by atoms with van der Waals surface area (Å²) in [6, 6.07) is 3.23. The number of hydrogen-bond donors (Lipinski definition) is 1. The maximum atomic E-state index is 10.8. The first-order valence-electron chi connectivity index (χ1n) is 5.05. The van der Waals surface area contributed by atoms with Crippen LogP contribution in [0.4, 0.5) is 0 Å². The minimum atomic E-state index is -1.05. The van der Waals surface area contributed by atoms with Crippen LogP contribution < -0.4 is 4.74 Å². The summed E-state index contributed by atoms with van der Waals surface area (Å²) in [6.07, 6.45) is 4.31. The second-order valence-corrected chi connectivity index (χ2v) is 4.36. The third-order valence-electron chi connectivity index (χ3n) is 2.22. The Balaban J connectivity index is 2.31. The summed E-state index contributed by atoms with van der Waals surface area (Å²) >= 11 is 3.36. The molecule has 0 saturated carbocycles. The van der Waals surface area contributed by atoms with Crippen LogP contribution in [0.1, 0.15) is 15.9 Å². The number of nitrogens with zero attached hydrogens (tertiary/aromatic N) is 2. The normalized spacial score (nSPS) is 10.1. The maximum Gasteiger partial charge on any atom is 0.337 e. The van der Waals surface area contributed by atoms with E-state index in [9.17, 15) is 4.79 Å². The number of pyridine rings is 2. The van der Waals surface area contributed by atoms with Crippen LogP contribution in [-0.4, -0.2) is 21.0 Å². The Labute approximate surface area is 112 Å². The van der Waals surface area contributed by atoms with Crippen molar-refractivity contribution >= 4 is 21.9 Å². The highest BCUT2D eigenvalue weighted by atomic mass is 79.9. The summed E-state index contributed by atoms with van der Waals surface area (Å²) in [6.45, 7) is 1.91. The van der Waals surface area contributed by atoms with Crippen molar-refractivity contribution in [3.8, 4) is 11.6 Å². The molecule has 0 atom stereocenters. The van der Waals surface area contributed by atoms with Crippen LogP contribution in [0.15, 0.2) is 35.2 Å². The van der Waals surface area contributed by atoms with E-state index in [1.807, 2.05) is 13.0 Å². The second kappa shape index (κ2) is 5.14. The molecule has 2 aromatic rings. The summed E-state index contributed by atoms with van der Waals surface area (Å²) in [4.78, 5) is 18.7. The molecule has 2 heterocycles. The molecule has 0 radical (unpaired) electrons. The number of aromatic carboxylic acids is 1. The monoisotopic (exact) mass is 308 g/mol. The first-order valence-corrected chi connectivity index (χ1v) is 5.84. The number of aromatic nitrogens is 2. The summed E-state index contributed by atoms with van der Waals surface area (Å²) < 4.78 is 6.22. The Morgan fingerprint density at radius 3 is 2.94 bits per heavy atom. The molecule has 0 aliphatic heterocycles. The minimum absolute atomic E-state index is 0.0660. The van der Waals surface area contributed by atoms with Gasteiger partial charge in [-0.2, -0.15) is 0 Å². The number of rotatable bonds is 3. The molecule has 0 fully saturated rings. The van der Waals surface area contributed by atoms with Crippen LogP contribution >= 0.6 is 15.9 Å². The molecule has 1 N–H and O–H groups in total. The Hall–Kier alpha value is -1.95. The van der Waals surface area contributed by atoms with Crippen molar-refractivity contribution in [2.75, 3.05) is 0 Å². The van der Waals surface area contributed by atoms with E-state index in [0.717, 1.165) is 10.0 Å². The van der Waals surface area contributed by atoms with E-state index in [2.05, 4.69) is 25.9 Å². The highest BCUT2D eigenvalue weighted by molar-refractivity contribution is 9.10. The fourth-order valence-electron chi connectivity index (χ4n) is 1.29. The van der Waals surface area contributed by atoms with Gasteiger partial charge in [0.15, 0.2) is 0 Å². The molecular weight excluding hydrogens is 300 g/mol. The molecule has 0 aliphatic carbocycles. The van der Waals surface area contributed by atoms with Crippen molar-refractivity contribution in [3.05, 3.63) is 46.3 Å². The topological polar surface area (TPSA) is 72.3 Å². The van der Waals surface area contributed by atoms with Gasteiger partial charge in [0.25, 0.3) is 0 Å². The molecule has 0 spiro atoms. The number of halogens is 1. The van der Waals surface area contributed by atoms with Crippen molar-refractivity contribution in [2.24, 2.45) is 0 Å². The molecule has 0 saturated heterocycles. The van der Waals surface area contributed by atoms with Gasteiger partial charge in [-0.1, -0.05) is 0 Å². The van der Waals surface area contributed by atoms with Gasteiger partial charge in [0.2, 0.25) is 5.88 Å². The number of carbonyl (C=O) groups is 1. The van der Waals surface area contributed by atoms with Gasteiger partial charge in [0.05, 0.1) is 16.2 Å². The van der Waals surface area contributed by atoms with E-state index < -0.39 is 5.97 Å². The predicted octanol–water partition coefficient (Wildman–Crippen LogP) is 3.04. The van der Waals surface area contributed by atoms with E-state index in [1.54, 1.807) is 6.20 Å². The molecule has 0 aliphatic rings. The SMILES string of the molecule is Cc1ccnc(Oc2cncc(C(=O)O)c2)c1Br. The molecule has 92 valence electrons. The van der Waals surface area contributed by atoms with Gasteiger partial charge in [0, 0.05) is 12.4 Å². The van der Waals surface area contributed by atoms with Crippen LogP contribution in [0.3, 0.4) is 0 Å². The lowest BCUT2D eigenvalue weighted by Crippen LogP contribution is -1.98. The maximum absolute atomic E-state index is 10.8. The van der Waals surface area contributed by atoms with Crippen molar-refractivity contribution in [1.29, 1.82) is 0 Å². The van der Waals surface area contributed by atoms with Crippen molar-refractivity contribution in [2.45, 2.75) is 6.92 Å². The number of hydrogen-bond acceptors (Lipinski definition) is 4. The van der Waals surface area contributed by atoms with E-state index in [4.69, 9.17) is 9.84 Å². The lowest BCUT2D eigenvalue weighted by Gasteiger charge is -2.07. The lowest BCUT2D eigenvalue weighted by atomic mass is 10.3. The van der Waals surface area contributed by atoms with Gasteiger partial charge in [-0.3, -0.25) is 4.98 Å². The fourth-order valence-corrected chi connectivity index (χ4v) is 1.61. The van der Waals surface area contributed by atoms with Crippen LogP contribution in [0.5, 0.6) is 11.6 Å². The van der Waals surface area contributed by atoms with Gasteiger partial charge in [-0.25, -0.2) is 9.78 Å². The van der Waals surface area contributed by atoms with Crippen LogP contribution in [0.2, 0.25) is 0 Å². The third kappa shape index (κ3) is 2.65. The number of aryl methyl sites for hydroxylation is 1. The van der Waals surface area contributed by atoms with Crippen molar-refractivity contribution < 1.29 is 14.6 Å². The smallest absolute Gasteiger partial charge is 0.337 e. The van der Waals surface area contributed by atoms with E-state index >= 15 is 0 Å². The zero-order valence-electron chi connectivity index (χ0n) is 9.42. The van der Waals surface area contributed by atoms with Crippen molar-refractivity contribution in [3.63, 3.8) is 0 Å². The molecule has 2 rings (SSSR count). The quantitative estimate of drug-likeness (QED) is 0.943. The van der Waals surface area contributed by atoms with Crippen molar-refractivity contribution in [1.82, 2.24) is 9.97 Å². The first kappa shape index (κ1) is 12.5. The number of carboxylic acids is 1. The first-order chi connectivity index (χ1) is 8.58. The third-order valence-corrected chi connectivity index (χ3v) is 3.19. The number of ether oxygens (including phenoxy) is 1. The summed E-state index contributed by atoms with van der Waals surface area (Å²) in [5.74, 6) is -0.350. The van der Waals surface area contributed by atoms with Gasteiger partial charge in [-0.05, 0) is 40.5 Å². The zero-order valence-corrected chi connectivity index (χ0v) is 11.0. The Morgan fingerprint density at radius 2 is 2.22 bits per heavy atom. The number of carboxylic acid groups (broad SMARTS) is 1. The van der Waals surface area contributed by atoms with E-state index in [1.165, 1.54) is 18.5 Å². The Kier molecular flexibility index (Phi) is 3.57. The highest BCUT2D eigenvalue weighted by Crippen LogP contribution is 2.29. The van der Waals surface area contributed by atoms with Crippen LogP contribution in [0, 0.1) is 6.92 Å². The Bertz CT molecular complexity index is 602. The van der Waals surface area contributed by atoms with Gasteiger partial charge in [0.1, 0.15) is 5.75 Å². The van der Waals surface area contributed by atoms with Crippen LogP contribution in [0.25, 0.3) is 0 Å². The standard InChI is InChI=1S/C12H9BrN2O3/c1-7-2-3-15-11(10(7)13)18-9-4-8(12(16)17)5-14-6-9/h2-6H,1H3,(H,16,17). The lowest BCUT2D eigenvalue weighted by molar-refractivity contribution is 0.0696. The molecule has 5 nitrogen and oxygen atoms in total. The molecule has 0 amide bonds. The second-order valence-electron chi connectivity index (χ2n) is 3.56. The van der Waals surface area contributed by atoms with E-state index in [0.29, 0.717) is 11.6 Å². The largest absolute Gasteiger partial charge is 0.478 e. The average molecular weight is 309 g/mol. The molecule has 0 bridgehead atoms. The van der Waals surface area contributed by atoms with E-state index in [-0.39, 0.29) is 5.56 Å². The average Bonchev–Trinajstić information content (AvgIpc) is 2.35. The molecule has 6 heteroatoms. The molecular formula is C12H9BrN2O3. The molecule has 2 aromatic heterocycles. The van der Waals surface area contributed by atoms with Gasteiger partial charge < -0.3 is 9.84 Å². The fraction of sp³-hybridized carbons (Fsp3) is 0.0833. The summed E-state index contributed by atoms with van der Waals surface area (Å²) in [5.41, 5.74) is 1.04.